The predicted molar refractivity (Wildman–Crippen MR) is 138 cm³/mol. The number of ether oxygens (including phenoxy) is 1. The van der Waals surface area contributed by atoms with Gasteiger partial charge in [0.25, 0.3) is 0 Å². The van der Waals surface area contributed by atoms with E-state index in [0.29, 0.717) is 58.9 Å². The molecule has 2 aromatic carbocycles. The number of aromatic nitrogens is 3. The SMILES string of the molecule is CCCCOC(=O)N1CC[C@H](c2ccc(F)c(F)c2)[C@@H](c2nnc(-c3cccc(Cl)c3Cl)n2C2CC2)C1. The molecule has 0 bridgehead atoms. The molecule has 196 valence electrons. The van der Waals surface area contributed by atoms with Crippen LogP contribution in [0, 0.1) is 11.6 Å². The summed E-state index contributed by atoms with van der Waals surface area (Å²) in [4.78, 5) is 14.5. The maximum atomic E-state index is 14.2. The summed E-state index contributed by atoms with van der Waals surface area (Å²) in [5.41, 5.74) is 1.34. The van der Waals surface area contributed by atoms with Crippen LogP contribution in [0.25, 0.3) is 11.4 Å². The van der Waals surface area contributed by atoms with E-state index in [1.807, 2.05) is 19.1 Å². The van der Waals surface area contributed by atoms with E-state index >= 15 is 0 Å². The summed E-state index contributed by atoms with van der Waals surface area (Å²) in [5.74, 6) is -0.994. The van der Waals surface area contributed by atoms with Gasteiger partial charge in [0, 0.05) is 30.6 Å². The molecule has 2 aliphatic rings. The molecule has 1 aliphatic heterocycles. The fourth-order valence-electron chi connectivity index (χ4n) is 5.03. The van der Waals surface area contributed by atoms with Crippen molar-refractivity contribution in [1.29, 1.82) is 0 Å². The number of likely N-dealkylation sites (tertiary alicyclic amines) is 1. The van der Waals surface area contributed by atoms with Gasteiger partial charge in [-0.05, 0) is 61.4 Å². The van der Waals surface area contributed by atoms with Gasteiger partial charge in [0.15, 0.2) is 17.5 Å². The van der Waals surface area contributed by atoms with Crippen LogP contribution in [-0.4, -0.2) is 45.5 Å². The Morgan fingerprint density at radius 1 is 1.08 bits per heavy atom. The monoisotopic (exact) mass is 548 g/mol. The number of nitrogens with zero attached hydrogens (tertiary/aromatic N) is 4. The second-order valence-corrected chi connectivity index (χ2v) is 10.5. The van der Waals surface area contributed by atoms with Crippen molar-refractivity contribution in [3.8, 4) is 11.4 Å². The van der Waals surface area contributed by atoms with Crippen LogP contribution in [-0.2, 0) is 4.74 Å². The Balaban J connectivity index is 1.55. The first-order valence-corrected chi connectivity index (χ1v) is 13.4. The van der Waals surface area contributed by atoms with Crippen molar-refractivity contribution in [3.05, 3.63) is 69.5 Å². The van der Waals surface area contributed by atoms with E-state index in [1.165, 1.54) is 6.07 Å². The van der Waals surface area contributed by atoms with Gasteiger partial charge in [0.05, 0.1) is 16.7 Å². The third-order valence-electron chi connectivity index (χ3n) is 7.12. The number of benzene rings is 2. The number of amides is 1. The standard InChI is InChI=1S/C27H28Cl2F2N4O2/c1-2-3-13-37-27(36)34-12-11-18(16-7-10-22(30)23(31)14-16)20(15-34)26-33-32-25(35(26)17-8-9-17)19-5-4-6-21(28)24(19)29/h4-7,10,14,17-18,20H,2-3,8-9,11-13,15H2,1H3/t18-,20+/m1/s1. The summed E-state index contributed by atoms with van der Waals surface area (Å²) in [7, 11) is 0. The second kappa shape index (κ2) is 11.0. The third-order valence-corrected chi connectivity index (χ3v) is 7.94. The zero-order chi connectivity index (χ0) is 26.1. The molecule has 1 saturated carbocycles. The second-order valence-electron chi connectivity index (χ2n) is 9.67. The van der Waals surface area contributed by atoms with Gasteiger partial charge in [-0.15, -0.1) is 10.2 Å². The first-order valence-electron chi connectivity index (χ1n) is 12.6. The summed E-state index contributed by atoms with van der Waals surface area (Å²) in [5, 5.41) is 9.93. The van der Waals surface area contributed by atoms with Gasteiger partial charge >= 0.3 is 6.09 Å². The van der Waals surface area contributed by atoms with E-state index in [0.717, 1.165) is 31.7 Å². The van der Waals surface area contributed by atoms with Gasteiger partial charge in [-0.25, -0.2) is 13.6 Å². The molecule has 1 aliphatic carbocycles. The van der Waals surface area contributed by atoms with Gasteiger partial charge in [0.1, 0.15) is 5.82 Å². The van der Waals surface area contributed by atoms with Gasteiger partial charge in [-0.3, -0.25) is 0 Å². The first-order chi connectivity index (χ1) is 17.9. The van der Waals surface area contributed by atoms with E-state index in [-0.39, 0.29) is 24.0 Å². The van der Waals surface area contributed by atoms with Gasteiger partial charge in [-0.2, -0.15) is 0 Å². The van der Waals surface area contributed by atoms with Crippen LogP contribution >= 0.6 is 23.2 Å². The minimum absolute atomic E-state index is 0.188. The van der Waals surface area contributed by atoms with E-state index < -0.39 is 11.6 Å². The fourth-order valence-corrected chi connectivity index (χ4v) is 5.41. The van der Waals surface area contributed by atoms with Crippen LogP contribution in [0.15, 0.2) is 36.4 Å². The Morgan fingerprint density at radius 2 is 1.89 bits per heavy atom. The number of carbonyl (C=O) groups is 1. The van der Waals surface area contributed by atoms with Crippen molar-refractivity contribution in [3.63, 3.8) is 0 Å². The normalized spacial score (nSPS) is 19.8. The topological polar surface area (TPSA) is 60.2 Å². The number of carbonyl (C=O) groups excluding carboxylic acids is 1. The van der Waals surface area contributed by atoms with E-state index in [4.69, 9.17) is 27.9 Å². The number of unbranched alkanes of at least 4 members (excludes halogenated alkanes) is 1. The van der Waals surface area contributed by atoms with Crippen molar-refractivity contribution in [2.45, 2.75) is 56.9 Å². The smallest absolute Gasteiger partial charge is 0.409 e. The fraction of sp³-hybridized carbons (Fsp3) is 0.444. The molecule has 0 radical (unpaired) electrons. The highest BCUT2D eigenvalue weighted by Gasteiger charge is 2.40. The summed E-state index contributed by atoms with van der Waals surface area (Å²) < 4.78 is 35.6. The van der Waals surface area contributed by atoms with Crippen molar-refractivity contribution in [2.75, 3.05) is 19.7 Å². The lowest BCUT2D eigenvalue weighted by molar-refractivity contribution is 0.0859. The van der Waals surface area contributed by atoms with E-state index in [1.54, 1.807) is 17.0 Å². The largest absolute Gasteiger partial charge is 0.449 e. The third kappa shape index (κ3) is 5.32. The van der Waals surface area contributed by atoms with Gasteiger partial charge < -0.3 is 14.2 Å². The molecule has 1 aromatic heterocycles. The van der Waals surface area contributed by atoms with Gasteiger partial charge in [-0.1, -0.05) is 48.7 Å². The minimum Gasteiger partial charge on any atom is -0.449 e. The molecule has 1 saturated heterocycles. The predicted octanol–water partition coefficient (Wildman–Crippen LogP) is 7.37. The molecule has 0 unspecified atom stereocenters. The minimum atomic E-state index is -0.896. The van der Waals surface area contributed by atoms with Crippen LogP contribution in [0.3, 0.4) is 0 Å². The molecule has 10 heteroatoms. The average Bonchev–Trinajstić information content (AvgIpc) is 3.65. The molecular weight excluding hydrogens is 521 g/mol. The lowest BCUT2D eigenvalue weighted by Gasteiger charge is -2.38. The van der Waals surface area contributed by atoms with E-state index in [2.05, 4.69) is 14.8 Å². The molecule has 0 N–H and O–H groups in total. The molecular formula is C27H28Cl2F2N4O2. The first kappa shape index (κ1) is 25.9. The zero-order valence-electron chi connectivity index (χ0n) is 20.5. The Labute approximate surface area is 224 Å². The number of hydrogen-bond donors (Lipinski definition) is 0. The summed E-state index contributed by atoms with van der Waals surface area (Å²) in [6.45, 7) is 3.16. The number of piperidine rings is 1. The molecule has 37 heavy (non-hydrogen) atoms. The molecule has 0 spiro atoms. The van der Waals surface area contributed by atoms with Crippen LogP contribution in [0.1, 0.15) is 68.3 Å². The molecule has 3 aromatic rings. The van der Waals surface area contributed by atoms with Crippen LogP contribution in [0.5, 0.6) is 0 Å². The highest BCUT2D eigenvalue weighted by molar-refractivity contribution is 6.43. The Bertz CT molecular complexity index is 1300. The highest BCUT2D eigenvalue weighted by atomic mass is 35.5. The summed E-state index contributed by atoms with van der Waals surface area (Å²) in [6.07, 6.45) is 3.80. The van der Waals surface area contributed by atoms with E-state index in [9.17, 15) is 13.6 Å². The maximum absolute atomic E-state index is 14.2. The maximum Gasteiger partial charge on any atom is 0.409 e. The van der Waals surface area contributed by atoms with Crippen LogP contribution in [0.2, 0.25) is 10.0 Å². The molecule has 2 atom stereocenters. The average molecular weight is 549 g/mol. The number of halogens is 4. The van der Waals surface area contributed by atoms with Crippen molar-refractivity contribution in [1.82, 2.24) is 19.7 Å². The number of rotatable bonds is 7. The molecule has 6 nitrogen and oxygen atoms in total. The highest BCUT2D eigenvalue weighted by Crippen LogP contribution is 2.46. The molecule has 2 fully saturated rings. The Hall–Kier alpha value is -2.71. The van der Waals surface area contributed by atoms with Gasteiger partial charge in [0.2, 0.25) is 0 Å². The molecule has 5 rings (SSSR count). The Kier molecular flexibility index (Phi) is 7.67. The quantitative estimate of drug-likeness (QED) is 0.289. The number of hydrogen-bond acceptors (Lipinski definition) is 4. The zero-order valence-corrected chi connectivity index (χ0v) is 22.0. The van der Waals surface area contributed by atoms with Crippen LogP contribution in [0.4, 0.5) is 13.6 Å². The lowest BCUT2D eigenvalue weighted by Crippen LogP contribution is -2.43. The lowest BCUT2D eigenvalue weighted by atomic mass is 9.79. The summed E-state index contributed by atoms with van der Waals surface area (Å²) >= 11 is 12.8. The molecule has 1 amide bonds. The van der Waals surface area contributed by atoms with Crippen molar-refractivity contribution < 1.29 is 18.3 Å². The summed E-state index contributed by atoms with van der Waals surface area (Å²) in [6, 6.07) is 9.57. The molecule has 2 heterocycles. The van der Waals surface area contributed by atoms with Crippen molar-refractivity contribution >= 4 is 29.3 Å². The van der Waals surface area contributed by atoms with Crippen LogP contribution < -0.4 is 0 Å². The Morgan fingerprint density at radius 3 is 2.62 bits per heavy atom. The van der Waals surface area contributed by atoms with Crippen molar-refractivity contribution in [2.24, 2.45) is 0 Å².